The highest BCUT2D eigenvalue weighted by molar-refractivity contribution is 5.87. The lowest BCUT2D eigenvalue weighted by atomic mass is 10.1. The van der Waals surface area contributed by atoms with Crippen molar-refractivity contribution in [2.75, 3.05) is 23.7 Å². The zero-order valence-corrected chi connectivity index (χ0v) is 10.2. The van der Waals surface area contributed by atoms with E-state index >= 15 is 0 Å². The molecule has 8 heteroatoms. The summed E-state index contributed by atoms with van der Waals surface area (Å²) in [7, 11) is 0. The second-order valence-corrected chi connectivity index (χ2v) is 4.29. The minimum Gasteiger partial charge on any atom is -0.396 e. The van der Waals surface area contributed by atoms with Gasteiger partial charge in [0, 0.05) is 13.1 Å². The Kier molecular flexibility index (Phi) is 3.25. The van der Waals surface area contributed by atoms with Gasteiger partial charge in [-0.1, -0.05) is 0 Å². The summed E-state index contributed by atoms with van der Waals surface area (Å²) in [4.78, 5) is 16.4. The monoisotopic (exact) mass is 274 g/mol. The highest BCUT2D eigenvalue weighted by atomic mass is 19.4. The summed E-state index contributed by atoms with van der Waals surface area (Å²) >= 11 is 0. The fourth-order valence-corrected chi connectivity index (χ4v) is 1.97. The van der Waals surface area contributed by atoms with Crippen molar-refractivity contribution in [2.24, 2.45) is 0 Å². The second-order valence-electron chi connectivity index (χ2n) is 4.29. The number of nitrogens with zero attached hydrogens (tertiary/aromatic N) is 2. The molecule has 0 radical (unpaired) electrons. The number of carbonyl (C=O) groups is 1. The lowest BCUT2D eigenvalue weighted by molar-refractivity contribution is -0.141. The van der Waals surface area contributed by atoms with Crippen LogP contribution in [0.15, 0.2) is 12.3 Å². The first-order chi connectivity index (χ1) is 8.80. The maximum atomic E-state index is 12.6. The Morgan fingerprint density at radius 2 is 2.21 bits per heavy atom. The Bertz CT molecular complexity index is 503. The number of halogens is 3. The Labute approximate surface area is 107 Å². The second kappa shape index (κ2) is 4.60. The number of aromatic nitrogens is 1. The number of hydrogen-bond donors (Lipinski definition) is 2. The molecule has 1 fully saturated rings. The van der Waals surface area contributed by atoms with E-state index in [-0.39, 0.29) is 17.3 Å². The van der Waals surface area contributed by atoms with Crippen molar-refractivity contribution in [2.45, 2.75) is 19.1 Å². The van der Waals surface area contributed by atoms with Crippen LogP contribution in [0.25, 0.3) is 0 Å². The van der Waals surface area contributed by atoms with Crippen molar-refractivity contribution in [3.63, 3.8) is 0 Å². The van der Waals surface area contributed by atoms with E-state index in [1.807, 2.05) is 0 Å². The standard InChI is InChI=1S/C11H13F3N4O/c1-6-10(19)16-2-3-18(6)8-4-9(11(12,13)14)17-5-7(8)15/h4-6H,2-3,15H2,1H3,(H,16,19). The Morgan fingerprint density at radius 3 is 2.84 bits per heavy atom. The molecule has 3 N–H and O–H groups in total. The molecule has 1 aliphatic heterocycles. The van der Waals surface area contributed by atoms with Crippen LogP contribution in [0.4, 0.5) is 24.5 Å². The van der Waals surface area contributed by atoms with Crippen molar-refractivity contribution >= 4 is 17.3 Å². The molecule has 1 saturated heterocycles. The van der Waals surface area contributed by atoms with Crippen LogP contribution < -0.4 is 16.0 Å². The summed E-state index contributed by atoms with van der Waals surface area (Å²) in [5.74, 6) is -0.240. The molecular weight excluding hydrogens is 261 g/mol. The van der Waals surface area contributed by atoms with Crippen LogP contribution in [0, 0.1) is 0 Å². The van der Waals surface area contributed by atoms with Gasteiger partial charge in [-0.15, -0.1) is 0 Å². The largest absolute Gasteiger partial charge is 0.433 e. The summed E-state index contributed by atoms with van der Waals surface area (Å²) in [6.07, 6.45) is -3.57. The summed E-state index contributed by atoms with van der Waals surface area (Å²) in [6.45, 7) is 2.38. The number of amides is 1. The number of rotatable bonds is 1. The third-order valence-corrected chi connectivity index (χ3v) is 3.01. The zero-order chi connectivity index (χ0) is 14.2. The van der Waals surface area contributed by atoms with Gasteiger partial charge in [0.1, 0.15) is 11.7 Å². The van der Waals surface area contributed by atoms with Crippen LogP contribution in [0.2, 0.25) is 0 Å². The normalized spacial score (nSPS) is 20.3. The number of nitrogen functional groups attached to an aromatic ring is 1. The number of anilines is 2. The minimum atomic E-state index is -4.54. The molecule has 2 heterocycles. The first-order valence-electron chi connectivity index (χ1n) is 5.68. The molecular formula is C11H13F3N4O. The minimum absolute atomic E-state index is 0.120. The molecule has 104 valence electrons. The van der Waals surface area contributed by atoms with Gasteiger partial charge < -0.3 is 16.0 Å². The van der Waals surface area contributed by atoms with Crippen molar-refractivity contribution < 1.29 is 18.0 Å². The molecule has 0 bridgehead atoms. The lowest BCUT2D eigenvalue weighted by Gasteiger charge is -2.35. The third-order valence-electron chi connectivity index (χ3n) is 3.01. The van der Waals surface area contributed by atoms with E-state index in [0.29, 0.717) is 13.1 Å². The predicted molar refractivity (Wildman–Crippen MR) is 63.5 cm³/mol. The van der Waals surface area contributed by atoms with Crippen molar-refractivity contribution in [3.05, 3.63) is 18.0 Å². The quantitative estimate of drug-likeness (QED) is 0.801. The third kappa shape index (κ3) is 2.56. The number of piperazine rings is 1. The molecule has 1 amide bonds. The van der Waals surface area contributed by atoms with Crippen molar-refractivity contribution in [3.8, 4) is 0 Å². The van der Waals surface area contributed by atoms with E-state index in [9.17, 15) is 18.0 Å². The first kappa shape index (κ1) is 13.4. The molecule has 1 unspecified atom stereocenters. The zero-order valence-electron chi connectivity index (χ0n) is 10.2. The maximum Gasteiger partial charge on any atom is 0.433 e. The van der Waals surface area contributed by atoms with E-state index in [0.717, 1.165) is 12.3 Å². The topological polar surface area (TPSA) is 71.2 Å². The first-order valence-corrected chi connectivity index (χ1v) is 5.68. The number of hydrogen-bond acceptors (Lipinski definition) is 4. The van der Waals surface area contributed by atoms with Crippen molar-refractivity contribution in [1.29, 1.82) is 0 Å². The molecule has 1 aromatic heterocycles. The molecule has 19 heavy (non-hydrogen) atoms. The summed E-state index contributed by atoms with van der Waals surface area (Å²) in [6, 6.07) is 0.310. The molecule has 0 saturated carbocycles. The molecule has 0 aliphatic carbocycles. The van der Waals surface area contributed by atoms with Gasteiger partial charge in [-0.05, 0) is 13.0 Å². The van der Waals surface area contributed by atoms with Crippen LogP contribution in [0.1, 0.15) is 12.6 Å². The number of pyridine rings is 1. The van der Waals surface area contributed by atoms with Crippen LogP contribution >= 0.6 is 0 Å². The van der Waals surface area contributed by atoms with E-state index in [2.05, 4.69) is 10.3 Å². The highest BCUT2D eigenvalue weighted by Crippen LogP contribution is 2.33. The number of alkyl halides is 3. The van der Waals surface area contributed by atoms with Gasteiger partial charge in [0.15, 0.2) is 0 Å². The van der Waals surface area contributed by atoms with E-state index < -0.39 is 17.9 Å². The average molecular weight is 274 g/mol. The summed E-state index contributed by atoms with van der Waals surface area (Å²) < 4.78 is 37.9. The van der Waals surface area contributed by atoms with Gasteiger partial charge in [0.25, 0.3) is 0 Å². The number of nitrogens with one attached hydrogen (secondary N) is 1. The molecule has 0 aromatic carbocycles. The van der Waals surface area contributed by atoms with E-state index in [1.54, 1.807) is 11.8 Å². The SMILES string of the molecule is CC1C(=O)NCCN1c1cc(C(F)(F)F)ncc1N. The van der Waals surface area contributed by atoms with Gasteiger partial charge >= 0.3 is 6.18 Å². The van der Waals surface area contributed by atoms with Crippen LogP contribution in [-0.4, -0.2) is 30.0 Å². The van der Waals surface area contributed by atoms with Gasteiger partial charge in [-0.25, -0.2) is 4.98 Å². The van der Waals surface area contributed by atoms with Gasteiger partial charge in [0.2, 0.25) is 5.91 Å². The highest BCUT2D eigenvalue weighted by Gasteiger charge is 2.35. The summed E-state index contributed by atoms with van der Waals surface area (Å²) in [5.41, 5.74) is 4.95. The Hall–Kier alpha value is -1.99. The fourth-order valence-electron chi connectivity index (χ4n) is 1.97. The molecule has 2 rings (SSSR count). The average Bonchev–Trinajstić information content (AvgIpc) is 2.32. The van der Waals surface area contributed by atoms with Crippen LogP contribution in [-0.2, 0) is 11.0 Å². The fraction of sp³-hybridized carbons (Fsp3) is 0.455. The van der Waals surface area contributed by atoms with Crippen LogP contribution in [0.5, 0.6) is 0 Å². The predicted octanol–water partition coefficient (Wildman–Crippen LogP) is 1.01. The van der Waals surface area contributed by atoms with Gasteiger partial charge in [-0.2, -0.15) is 13.2 Å². The number of nitrogens with two attached hydrogens (primary N) is 1. The van der Waals surface area contributed by atoms with Gasteiger partial charge in [-0.3, -0.25) is 4.79 Å². The number of carbonyl (C=O) groups excluding carboxylic acids is 1. The Balaban J connectivity index is 2.41. The Morgan fingerprint density at radius 1 is 1.53 bits per heavy atom. The van der Waals surface area contributed by atoms with Crippen molar-refractivity contribution in [1.82, 2.24) is 10.3 Å². The molecule has 1 aromatic rings. The molecule has 1 aliphatic rings. The smallest absolute Gasteiger partial charge is 0.396 e. The van der Waals surface area contributed by atoms with Crippen LogP contribution in [0.3, 0.4) is 0 Å². The molecule has 5 nitrogen and oxygen atoms in total. The van der Waals surface area contributed by atoms with Gasteiger partial charge in [0.05, 0.1) is 17.6 Å². The van der Waals surface area contributed by atoms with E-state index in [4.69, 9.17) is 5.73 Å². The summed E-state index contributed by atoms with van der Waals surface area (Å²) in [5, 5.41) is 2.64. The molecule has 0 spiro atoms. The lowest BCUT2D eigenvalue weighted by Crippen LogP contribution is -2.54. The van der Waals surface area contributed by atoms with E-state index in [1.165, 1.54) is 0 Å². The maximum absolute atomic E-state index is 12.6. The molecule has 1 atom stereocenters.